The second kappa shape index (κ2) is 9.05. The number of hydrogen-bond donors (Lipinski definition) is 3. The summed E-state index contributed by atoms with van der Waals surface area (Å²) in [6.45, 7) is 3.34. The minimum absolute atomic E-state index is 0.0171. The molecule has 0 saturated heterocycles. The molecule has 27 heavy (non-hydrogen) atoms. The molecule has 1 atom stereocenters. The third-order valence-corrected chi connectivity index (χ3v) is 3.89. The Morgan fingerprint density at radius 1 is 1.15 bits per heavy atom. The minimum atomic E-state index is -1.17. The molecule has 1 aromatic carbocycles. The van der Waals surface area contributed by atoms with Crippen molar-refractivity contribution in [3.8, 4) is 0 Å². The SMILES string of the molecule is CC(C)[C@H](NC(=O)/C(=C/c1ccc(Cl)cc1)NC(=O)c1ccco1)C(=O)O. The van der Waals surface area contributed by atoms with E-state index in [-0.39, 0.29) is 17.4 Å². The minimum Gasteiger partial charge on any atom is -0.480 e. The second-order valence-electron chi connectivity index (χ2n) is 6.07. The van der Waals surface area contributed by atoms with Gasteiger partial charge < -0.3 is 20.2 Å². The summed E-state index contributed by atoms with van der Waals surface area (Å²) >= 11 is 5.85. The number of halogens is 1. The van der Waals surface area contributed by atoms with Crippen molar-refractivity contribution in [2.45, 2.75) is 19.9 Å². The first-order chi connectivity index (χ1) is 12.8. The molecular weight excluding hydrogens is 372 g/mol. The number of hydrogen-bond acceptors (Lipinski definition) is 4. The summed E-state index contributed by atoms with van der Waals surface area (Å²) in [5.74, 6) is -2.85. The molecule has 2 rings (SSSR count). The average Bonchev–Trinajstić information content (AvgIpc) is 3.14. The Morgan fingerprint density at radius 2 is 1.81 bits per heavy atom. The number of carbonyl (C=O) groups is 3. The summed E-state index contributed by atoms with van der Waals surface area (Å²) in [5, 5.41) is 14.7. The maximum Gasteiger partial charge on any atom is 0.326 e. The summed E-state index contributed by atoms with van der Waals surface area (Å²) in [4.78, 5) is 36.2. The van der Waals surface area contributed by atoms with Gasteiger partial charge in [-0.25, -0.2) is 4.79 Å². The van der Waals surface area contributed by atoms with Crippen LogP contribution in [0.4, 0.5) is 0 Å². The molecule has 0 unspecified atom stereocenters. The maximum atomic E-state index is 12.6. The van der Waals surface area contributed by atoms with Gasteiger partial charge in [0, 0.05) is 5.02 Å². The van der Waals surface area contributed by atoms with Gasteiger partial charge in [0.25, 0.3) is 11.8 Å². The summed E-state index contributed by atoms with van der Waals surface area (Å²) in [7, 11) is 0. The van der Waals surface area contributed by atoms with Crippen LogP contribution in [0, 0.1) is 5.92 Å². The molecule has 142 valence electrons. The lowest BCUT2D eigenvalue weighted by Crippen LogP contribution is -2.47. The van der Waals surface area contributed by atoms with Crippen LogP contribution in [0.2, 0.25) is 5.02 Å². The Morgan fingerprint density at radius 3 is 2.33 bits per heavy atom. The lowest BCUT2D eigenvalue weighted by Gasteiger charge is -2.19. The van der Waals surface area contributed by atoms with Gasteiger partial charge in [0.2, 0.25) is 0 Å². The Labute approximate surface area is 161 Å². The lowest BCUT2D eigenvalue weighted by atomic mass is 10.0. The van der Waals surface area contributed by atoms with Crippen molar-refractivity contribution in [1.82, 2.24) is 10.6 Å². The molecule has 0 aliphatic carbocycles. The summed E-state index contributed by atoms with van der Waals surface area (Å²) < 4.78 is 5.02. The van der Waals surface area contributed by atoms with Crippen molar-refractivity contribution in [1.29, 1.82) is 0 Å². The quantitative estimate of drug-likeness (QED) is 0.630. The van der Waals surface area contributed by atoms with Gasteiger partial charge in [-0.05, 0) is 41.8 Å². The van der Waals surface area contributed by atoms with Crippen molar-refractivity contribution in [2.24, 2.45) is 5.92 Å². The highest BCUT2D eigenvalue weighted by Gasteiger charge is 2.26. The van der Waals surface area contributed by atoms with Gasteiger partial charge in [-0.3, -0.25) is 9.59 Å². The summed E-state index contributed by atoms with van der Waals surface area (Å²) in [6.07, 6.45) is 2.75. The Bertz CT molecular complexity index is 841. The van der Waals surface area contributed by atoms with Crippen molar-refractivity contribution in [3.05, 3.63) is 64.7 Å². The number of nitrogens with one attached hydrogen (secondary N) is 2. The van der Waals surface area contributed by atoms with E-state index in [0.29, 0.717) is 10.6 Å². The predicted molar refractivity (Wildman–Crippen MR) is 100 cm³/mol. The topological polar surface area (TPSA) is 109 Å². The number of rotatable bonds is 7. The first-order valence-electron chi connectivity index (χ1n) is 8.13. The van der Waals surface area contributed by atoms with E-state index in [0.717, 1.165) is 0 Å². The number of amides is 2. The van der Waals surface area contributed by atoms with Gasteiger partial charge >= 0.3 is 5.97 Å². The number of carboxylic acid groups (broad SMARTS) is 1. The van der Waals surface area contributed by atoms with Crippen LogP contribution in [0.1, 0.15) is 30.0 Å². The number of carbonyl (C=O) groups excluding carboxylic acids is 2. The second-order valence-corrected chi connectivity index (χ2v) is 6.51. The van der Waals surface area contributed by atoms with Crippen molar-refractivity contribution in [3.63, 3.8) is 0 Å². The fraction of sp³-hybridized carbons (Fsp3) is 0.211. The largest absolute Gasteiger partial charge is 0.480 e. The highest BCUT2D eigenvalue weighted by atomic mass is 35.5. The molecule has 3 N–H and O–H groups in total. The van der Waals surface area contributed by atoms with Crippen molar-refractivity contribution >= 4 is 35.5 Å². The van der Waals surface area contributed by atoms with Gasteiger partial charge in [-0.2, -0.15) is 0 Å². The lowest BCUT2D eigenvalue weighted by molar-refractivity contribution is -0.142. The Kier molecular flexibility index (Phi) is 6.79. The van der Waals surface area contributed by atoms with Crippen LogP contribution >= 0.6 is 11.6 Å². The highest BCUT2D eigenvalue weighted by molar-refractivity contribution is 6.30. The zero-order valence-corrected chi connectivity index (χ0v) is 15.5. The van der Waals surface area contributed by atoms with Gasteiger partial charge in [0.05, 0.1) is 6.26 Å². The van der Waals surface area contributed by atoms with Gasteiger partial charge in [0.1, 0.15) is 11.7 Å². The zero-order chi connectivity index (χ0) is 20.0. The van der Waals surface area contributed by atoms with E-state index < -0.39 is 23.8 Å². The van der Waals surface area contributed by atoms with Gasteiger partial charge in [-0.1, -0.05) is 37.6 Å². The molecule has 0 aliphatic rings. The van der Waals surface area contributed by atoms with Crippen LogP contribution in [0.3, 0.4) is 0 Å². The van der Waals surface area contributed by atoms with Crippen LogP contribution in [-0.2, 0) is 9.59 Å². The molecule has 0 spiro atoms. The van der Waals surface area contributed by atoms with Crippen LogP contribution in [-0.4, -0.2) is 28.9 Å². The molecule has 7 nitrogen and oxygen atoms in total. The smallest absolute Gasteiger partial charge is 0.326 e. The van der Waals surface area contributed by atoms with E-state index in [9.17, 15) is 19.5 Å². The molecule has 8 heteroatoms. The van der Waals surface area contributed by atoms with Crippen LogP contribution in [0.5, 0.6) is 0 Å². The molecule has 1 heterocycles. The molecule has 0 fully saturated rings. The van der Waals surface area contributed by atoms with E-state index >= 15 is 0 Å². The standard InChI is InChI=1S/C19H19ClN2O5/c1-11(2)16(19(25)26)22-17(23)14(10-12-5-7-13(20)8-6-12)21-18(24)15-4-3-9-27-15/h3-11,16H,1-2H3,(H,21,24)(H,22,23)(H,25,26)/b14-10-/t16-/m0/s1. The van der Waals surface area contributed by atoms with E-state index in [2.05, 4.69) is 10.6 Å². The zero-order valence-electron chi connectivity index (χ0n) is 14.7. The normalized spacial score (nSPS) is 12.5. The number of furan rings is 1. The third kappa shape index (κ3) is 5.72. The average molecular weight is 391 g/mol. The van der Waals surface area contributed by atoms with E-state index in [4.69, 9.17) is 16.0 Å². The van der Waals surface area contributed by atoms with E-state index in [1.165, 1.54) is 24.5 Å². The summed E-state index contributed by atoms with van der Waals surface area (Å²) in [5.41, 5.74) is 0.478. The van der Waals surface area contributed by atoms with E-state index in [1.54, 1.807) is 38.1 Å². The maximum absolute atomic E-state index is 12.6. The number of aliphatic carboxylic acids is 1. The van der Waals surface area contributed by atoms with Crippen LogP contribution < -0.4 is 10.6 Å². The van der Waals surface area contributed by atoms with Gasteiger partial charge in [0.15, 0.2) is 5.76 Å². The fourth-order valence-corrected chi connectivity index (χ4v) is 2.33. The molecule has 1 aromatic heterocycles. The monoisotopic (exact) mass is 390 g/mol. The van der Waals surface area contributed by atoms with Crippen molar-refractivity contribution in [2.75, 3.05) is 0 Å². The molecule has 0 saturated carbocycles. The third-order valence-electron chi connectivity index (χ3n) is 3.64. The molecule has 0 radical (unpaired) electrons. The van der Waals surface area contributed by atoms with E-state index in [1.807, 2.05) is 0 Å². The first kappa shape index (κ1) is 20.3. The van der Waals surface area contributed by atoms with Crippen LogP contribution in [0.25, 0.3) is 6.08 Å². The Hall–Kier alpha value is -3.06. The number of benzene rings is 1. The molecule has 0 bridgehead atoms. The number of carboxylic acids is 1. The molecule has 2 amide bonds. The van der Waals surface area contributed by atoms with Gasteiger partial charge in [-0.15, -0.1) is 0 Å². The predicted octanol–water partition coefficient (Wildman–Crippen LogP) is 2.93. The fourth-order valence-electron chi connectivity index (χ4n) is 2.21. The van der Waals surface area contributed by atoms with Crippen LogP contribution in [0.15, 0.2) is 52.8 Å². The highest BCUT2D eigenvalue weighted by Crippen LogP contribution is 2.13. The molecule has 2 aromatic rings. The molecular formula is C19H19ClN2O5. The molecule has 0 aliphatic heterocycles. The first-order valence-corrected chi connectivity index (χ1v) is 8.51. The van der Waals surface area contributed by atoms with Crippen molar-refractivity contribution < 1.29 is 23.9 Å². The Balaban J connectivity index is 2.30. The summed E-state index contributed by atoms with van der Waals surface area (Å²) in [6, 6.07) is 8.46.